The lowest BCUT2D eigenvalue weighted by Gasteiger charge is -2.43. The Balaban J connectivity index is 1.91. The number of fused-ring (bicyclic) bond motifs is 3. The molecule has 31 heavy (non-hydrogen) atoms. The number of allylic oxidation sites excluding steroid dienone is 1. The quantitative estimate of drug-likeness (QED) is 0.774. The zero-order valence-electron chi connectivity index (χ0n) is 16.9. The summed E-state index contributed by atoms with van der Waals surface area (Å²) in [7, 11) is 1.63. The van der Waals surface area contributed by atoms with Crippen LogP contribution in [0, 0.1) is 17.1 Å². The third kappa shape index (κ3) is 2.30. The number of carbonyl (C=O) groups excluding carboxylic acids is 2. The second-order valence-electron chi connectivity index (χ2n) is 7.92. The van der Waals surface area contributed by atoms with Gasteiger partial charge in [-0.15, -0.1) is 0 Å². The zero-order chi connectivity index (χ0) is 21.9. The van der Waals surface area contributed by atoms with Gasteiger partial charge in [-0.3, -0.25) is 14.5 Å². The highest BCUT2D eigenvalue weighted by Gasteiger charge is 2.61. The van der Waals surface area contributed by atoms with Crippen molar-refractivity contribution in [2.24, 2.45) is 5.73 Å². The molecule has 1 aliphatic carbocycles. The van der Waals surface area contributed by atoms with Gasteiger partial charge in [0, 0.05) is 36.0 Å². The molecule has 2 aromatic carbocycles. The molecule has 0 bridgehead atoms. The molecular formula is C24H19FN4O2. The molecule has 2 aromatic rings. The van der Waals surface area contributed by atoms with E-state index >= 15 is 0 Å². The number of benzene rings is 2. The summed E-state index contributed by atoms with van der Waals surface area (Å²) in [6.45, 7) is 0. The third-order valence-electron chi connectivity index (χ3n) is 6.37. The number of anilines is 2. The number of hydrogen-bond donors (Lipinski definition) is 1. The fraction of sp³-hybridized carbons (Fsp3) is 0.208. The molecule has 6 nitrogen and oxygen atoms in total. The van der Waals surface area contributed by atoms with Gasteiger partial charge in [0.05, 0.1) is 11.3 Å². The van der Waals surface area contributed by atoms with Crippen LogP contribution in [0.5, 0.6) is 0 Å². The highest BCUT2D eigenvalue weighted by atomic mass is 19.1. The van der Waals surface area contributed by atoms with Crippen LogP contribution >= 0.6 is 0 Å². The number of para-hydroxylation sites is 1. The summed E-state index contributed by atoms with van der Waals surface area (Å²) < 4.78 is 14.0. The van der Waals surface area contributed by atoms with Crippen LogP contribution in [0.1, 0.15) is 24.8 Å². The molecule has 1 spiro atoms. The lowest BCUT2D eigenvalue weighted by atomic mass is 9.64. The minimum Gasteiger partial charge on any atom is -0.384 e. The molecular weight excluding hydrogens is 395 g/mol. The molecule has 0 unspecified atom stereocenters. The maximum atomic E-state index is 14.0. The van der Waals surface area contributed by atoms with E-state index in [0.29, 0.717) is 35.5 Å². The first-order valence-corrected chi connectivity index (χ1v) is 10.0. The summed E-state index contributed by atoms with van der Waals surface area (Å²) in [5.41, 5.74) is 7.39. The minimum absolute atomic E-state index is 0.00689. The van der Waals surface area contributed by atoms with Crippen molar-refractivity contribution in [2.75, 3.05) is 16.8 Å². The molecule has 3 aliphatic rings. The molecule has 0 saturated heterocycles. The highest BCUT2D eigenvalue weighted by molar-refractivity contribution is 6.20. The molecule has 2 N–H and O–H groups in total. The van der Waals surface area contributed by atoms with Crippen LogP contribution in [0.2, 0.25) is 0 Å². The number of nitrogens with zero attached hydrogens (tertiary/aromatic N) is 3. The van der Waals surface area contributed by atoms with Crippen LogP contribution in [0.4, 0.5) is 15.8 Å². The zero-order valence-corrected chi connectivity index (χ0v) is 16.9. The van der Waals surface area contributed by atoms with E-state index in [2.05, 4.69) is 6.07 Å². The molecule has 1 atom stereocenters. The first-order chi connectivity index (χ1) is 14.9. The predicted molar refractivity (Wildman–Crippen MR) is 113 cm³/mol. The van der Waals surface area contributed by atoms with Crippen LogP contribution < -0.4 is 15.5 Å². The van der Waals surface area contributed by atoms with Gasteiger partial charge in [0.2, 0.25) is 5.91 Å². The van der Waals surface area contributed by atoms with Crippen molar-refractivity contribution in [2.45, 2.75) is 24.7 Å². The number of ketones is 1. The van der Waals surface area contributed by atoms with Crippen LogP contribution in [0.3, 0.4) is 0 Å². The van der Waals surface area contributed by atoms with Gasteiger partial charge in [-0.05, 0) is 37.1 Å². The maximum absolute atomic E-state index is 14.0. The SMILES string of the molecule is CN1C(=O)[C@]2(C(C#N)=C(N)N(c3cccc(F)c3)C3=C2C(=O)CCC3)c2ccccc21. The van der Waals surface area contributed by atoms with E-state index < -0.39 is 11.2 Å². The van der Waals surface area contributed by atoms with Crippen molar-refractivity contribution in [3.8, 4) is 6.07 Å². The number of amides is 1. The fourth-order valence-corrected chi connectivity index (χ4v) is 5.14. The molecule has 5 rings (SSSR count). The van der Waals surface area contributed by atoms with Crippen LogP contribution in [-0.2, 0) is 15.0 Å². The van der Waals surface area contributed by atoms with E-state index in [1.807, 2.05) is 0 Å². The molecule has 0 aromatic heterocycles. The number of hydrogen-bond acceptors (Lipinski definition) is 5. The molecule has 0 radical (unpaired) electrons. The van der Waals surface area contributed by atoms with Gasteiger partial charge in [0.15, 0.2) is 5.78 Å². The second kappa shape index (κ2) is 6.54. The Morgan fingerprint density at radius 2 is 1.90 bits per heavy atom. The number of rotatable bonds is 1. The molecule has 2 heterocycles. The number of Topliss-reactive ketones (excluding diaryl/α,β-unsaturated/α-hetero) is 1. The highest BCUT2D eigenvalue weighted by Crippen LogP contribution is 2.56. The normalized spacial score (nSPS) is 22.7. The smallest absolute Gasteiger partial charge is 0.247 e. The van der Waals surface area contributed by atoms with Gasteiger partial charge in [0.1, 0.15) is 23.1 Å². The van der Waals surface area contributed by atoms with Crippen molar-refractivity contribution in [3.63, 3.8) is 0 Å². The topological polar surface area (TPSA) is 90.4 Å². The second-order valence-corrected chi connectivity index (χ2v) is 7.92. The molecule has 0 saturated carbocycles. The van der Waals surface area contributed by atoms with Crippen molar-refractivity contribution >= 4 is 23.1 Å². The Morgan fingerprint density at radius 1 is 1.13 bits per heavy atom. The molecule has 0 fully saturated rings. The Labute approximate surface area is 178 Å². The summed E-state index contributed by atoms with van der Waals surface area (Å²) in [6.07, 6.45) is 1.34. The van der Waals surface area contributed by atoms with Crippen molar-refractivity contribution < 1.29 is 14.0 Å². The molecule has 1 amide bonds. The maximum Gasteiger partial charge on any atom is 0.247 e. The number of halogens is 1. The van der Waals surface area contributed by atoms with Gasteiger partial charge in [-0.25, -0.2) is 4.39 Å². The van der Waals surface area contributed by atoms with Gasteiger partial charge in [-0.2, -0.15) is 5.26 Å². The Bertz CT molecular complexity index is 1270. The average Bonchev–Trinajstić information content (AvgIpc) is 2.97. The first-order valence-electron chi connectivity index (χ1n) is 10.0. The van der Waals surface area contributed by atoms with E-state index in [0.717, 1.165) is 0 Å². The number of likely N-dealkylation sites (N-methyl/N-ethyl adjacent to an activating group) is 1. The summed E-state index contributed by atoms with van der Waals surface area (Å²) in [5.74, 6) is -0.994. The number of nitriles is 1. The predicted octanol–water partition coefficient (Wildman–Crippen LogP) is 3.26. The summed E-state index contributed by atoms with van der Waals surface area (Å²) in [6, 6.07) is 15.1. The third-order valence-corrected chi connectivity index (χ3v) is 6.37. The standard InChI is InChI=1S/C24H19FN4O2/c1-28-18-9-3-2-8-16(18)24(23(28)31)17(13-26)22(27)29(15-7-4-6-14(25)12-15)19-10-5-11-20(30)21(19)24/h2-4,6-9,12H,5,10-11,27H2,1H3/t24-/m0/s1. The molecule has 7 heteroatoms. The monoisotopic (exact) mass is 414 g/mol. The van der Waals surface area contributed by atoms with Crippen molar-refractivity contribution in [3.05, 3.63) is 82.6 Å². The minimum atomic E-state index is -1.58. The van der Waals surface area contributed by atoms with Crippen LogP contribution in [-0.4, -0.2) is 18.7 Å². The fourth-order valence-electron chi connectivity index (χ4n) is 5.14. The van der Waals surface area contributed by atoms with Gasteiger partial charge < -0.3 is 10.6 Å². The summed E-state index contributed by atoms with van der Waals surface area (Å²) in [4.78, 5) is 30.2. The summed E-state index contributed by atoms with van der Waals surface area (Å²) in [5, 5.41) is 10.2. The first kappa shape index (κ1) is 19.1. The van der Waals surface area contributed by atoms with Crippen LogP contribution in [0.25, 0.3) is 0 Å². The lowest BCUT2D eigenvalue weighted by molar-refractivity contribution is -0.124. The van der Waals surface area contributed by atoms with Crippen molar-refractivity contribution in [1.29, 1.82) is 5.26 Å². The Morgan fingerprint density at radius 3 is 2.65 bits per heavy atom. The van der Waals surface area contributed by atoms with E-state index in [1.54, 1.807) is 48.3 Å². The van der Waals surface area contributed by atoms with Crippen molar-refractivity contribution in [1.82, 2.24) is 0 Å². The summed E-state index contributed by atoms with van der Waals surface area (Å²) >= 11 is 0. The van der Waals surface area contributed by atoms with Gasteiger partial charge >= 0.3 is 0 Å². The Kier molecular flexibility index (Phi) is 4.02. The number of carbonyl (C=O) groups is 2. The van der Waals surface area contributed by atoms with Gasteiger partial charge in [-0.1, -0.05) is 24.3 Å². The molecule has 2 aliphatic heterocycles. The van der Waals surface area contributed by atoms with Gasteiger partial charge in [0.25, 0.3) is 0 Å². The van der Waals surface area contributed by atoms with E-state index in [1.165, 1.54) is 17.0 Å². The number of nitrogens with two attached hydrogens (primary N) is 1. The van der Waals surface area contributed by atoms with E-state index in [9.17, 15) is 19.2 Å². The lowest BCUT2D eigenvalue weighted by Crippen LogP contribution is -2.52. The Hall–Kier alpha value is -3.92. The average molecular weight is 414 g/mol. The largest absolute Gasteiger partial charge is 0.384 e. The van der Waals surface area contributed by atoms with E-state index in [-0.39, 0.29) is 35.1 Å². The van der Waals surface area contributed by atoms with E-state index in [4.69, 9.17) is 5.73 Å². The van der Waals surface area contributed by atoms with Crippen LogP contribution in [0.15, 0.2) is 71.2 Å². The molecule has 154 valence electrons.